The smallest absolute Gasteiger partial charge is 0.239 e. The third-order valence-corrected chi connectivity index (χ3v) is 4.75. The minimum absolute atomic E-state index is 0. The number of anilines is 2. The van der Waals surface area contributed by atoms with E-state index in [0.29, 0.717) is 6.54 Å². The number of carbonyl (C=O) groups is 1. The van der Waals surface area contributed by atoms with Crippen molar-refractivity contribution >= 4 is 29.9 Å². The van der Waals surface area contributed by atoms with Crippen LogP contribution in [0.5, 0.6) is 0 Å². The van der Waals surface area contributed by atoms with Crippen LogP contribution in [-0.2, 0) is 14.3 Å². The summed E-state index contributed by atoms with van der Waals surface area (Å²) in [5.74, 6) is 1.64. The van der Waals surface area contributed by atoms with Crippen molar-refractivity contribution in [3.05, 3.63) is 12.4 Å². The number of hydrogen-bond acceptors (Lipinski definition) is 8. The first-order chi connectivity index (χ1) is 12.7. The summed E-state index contributed by atoms with van der Waals surface area (Å²) in [6.45, 7) is 4.97. The van der Waals surface area contributed by atoms with Crippen LogP contribution in [-0.4, -0.2) is 81.1 Å². The molecule has 1 amide bonds. The zero-order valence-corrected chi connectivity index (χ0v) is 16.5. The van der Waals surface area contributed by atoms with Crippen LogP contribution in [0.2, 0.25) is 0 Å². The summed E-state index contributed by atoms with van der Waals surface area (Å²) in [6, 6.07) is 1.44. The van der Waals surface area contributed by atoms with Crippen molar-refractivity contribution < 1.29 is 14.3 Å². The van der Waals surface area contributed by atoms with E-state index in [4.69, 9.17) is 15.2 Å². The molecule has 3 heterocycles. The number of nitrogens with zero attached hydrogens (tertiary/aromatic N) is 4. The number of ether oxygens (including phenoxy) is 2. The molecule has 0 radical (unpaired) electrons. The number of nitrogens with two attached hydrogens (primary N) is 1. The Hall–Kier alpha value is -1.68. The molecule has 0 aromatic carbocycles. The molecule has 3 N–H and O–H groups in total. The molecule has 152 valence electrons. The second kappa shape index (κ2) is 10.6. The first-order valence-corrected chi connectivity index (χ1v) is 9.12. The molecule has 2 fully saturated rings. The molecule has 2 aliphatic heterocycles. The Kier molecular flexibility index (Phi) is 8.49. The van der Waals surface area contributed by atoms with Gasteiger partial charge in [0.1, 0.15) is 24.0 Å². The lowest BCUT2D eigenvalue weighted by Gasteiger charge is -2.35. The topological polar surface area (TPSA) is 106 Å². The van der Waals surface area contributed by atoms with Crippen molar-refractivity contribution in [1.29, 1.82) is 0 Å². The molecule has 3 rings (SSSR count). The highest BCUT2D eigenvalue weighted by molar-refractivity contribution is 5.85. The number of halogens is 1. The molecule has 1 aromatic rings. The summed E-state index contributed by atoms with van der Waals surface area (Å²) in [5.41, 5.74) is 5.81. The predicted molar refractivity (Wildman–Crippen MR) is 106 cm³/mol. The largest absolute Gasteiger partial charge is 0.383 e. The maximum atomic E-state index is 12.1. The standard InChI is InChI=1S/C17H28N6O3.ClH/c1-25-11-14(18)17(24)21-13-3-2-4-23(10-13)16-9-15(19-12-20-16)22-5-7-26-8-6-22;/h9,12-14H,2-8,10-11,18H2,1H3,(H,21,24);1H. The monoisotopic (exact) mass is 400 g/mol. The first-order valence-electron chi connectivity index (χ1n) is 9.12. The van der Waals surface area contributed by atoms with E-state index >= 15 is 0 Å². The molecule has 2 aliphatic rings. The molecular weight excluding hydrogens is 372 g/mol. The van der Waals surface area contributed by atoms with Crippen LogP contribution in [0.4, 0.5) is 11.6 Å². The summed E-state index contributed by atoms with van der Waals surface area (Å²) in [4.78, 5) is 25.4. The van der Waals surface area contributed by atoms with Gasteiger partial charge in [0, 0.05) is 45.4 Å². The lowest BCUT2D eigenvalue weighted by atomic mass is 10.1. The molecule has 2 unspecified atom stereocenters. The normalized spacial score (nSPS) is 21.3. The summed E-state index contributed by atoms with van der Waals surface area (Å²) in [6.07, 6.45) is 3.53. The second-order valence-electron chi connectivity index (χ2n) is 6.69. The average Bonchev–Trinajstić information content (AvgIpc) is 2.69. The van der Waals surface area contributed by atoms with Gasteiger partial charge in [0.05, 0.1) is 19.8 Å². The Labute approximate surface area is 166 Å². The van der Waals surface area contributed by atoms with Gasteiger partial charge in [-0.25, -0.2) is 9.97 Å². The maximum Gasteiger partial charge on any atom is 0.239 e. The summed E-state index contributed by atoms with van der Waals surface area (Å²) >= 11 is 0. The molecule has 0 bridgehead atoms. The van der Waals surface area contributed by atoms with Crippen LogP contribution in [0.1, 0.15) is 12.8 Å². The minimum atomic E-state index is -0.637. The fraction of sp³-hybridized carbons (Fsp3) is 0.706. The van der Waals surface area contributed by atoms with E-state index in [-0.39, 0.29) is 31.0 Å². The van der Waals surface area contributed by atoms with E-state index in [0.717, 1.165) is 57.3 Å². The van der Waals surface area contributed by atoms with Crippen molar-refractivity contribution in [2.24, 2.45) is 5.73 Å². The number of carbonyl (C=O) groups excluding carboxylic acids is 1. The molecule has 2 atom stereocenters. The van der Waals surface area contributed by atoms with Crippen LogP contribution in [0.15, 0.2) is 12.4 Å². The lowest BCUT2D eigenvalue weighted by Crippen LogP contribution is -2.53. The van der Waals surface area contributed by atoms with E-state index < -0.39 is 6.04 Å². The lowest BCUT2D eigenvalue weighted by molar-refractivity contribution is -0.124. The number of nitrogens with one attached hydrogen (secondary N) is 1. The van der Waals surface area contributed by atoms with E-state index in [1.54, 1.807) is 6.33 Å². The van der Waals surface area contributed by atoms with Crippen molar-refractivity contribution in [2.45, 2.75) is 24.9 Å². The quantitative estimate of drug-likeness (QED) is 0.676. The molecule has 9 nitrogen and oxygen atoms in total. The predicted octanol–water partition coefficient (Wildman–Crippen LogP) is -0.206. The number of morpholine rings is 1. The molecule has 0 aliphatic carbocycles. The van der Waals surface area contributed by atoms with E-state index in [1.807, 2.05) is 6.07 Å². The summed E-state index contributed by atoms with van der Waals surface area (Å²) < 4.78 is 10.3. The zero-order valence-electron chi connectivity index (χ0n) is 15.7. The van der Waals surface area contributed by atoms with Gasteiger partial charge in [-0.2, -0.15) is 0 Å². The van der Waals surface area contributed by atoms with Gasteiger partial charge in [0.15, 0.2) is 0 Å². The highest BCUT2D eigenvalue weighted by Crippen LogP contribution is 2.22. The van der Waals surface area contributed by atoms with Gasteiger partial charge in [0.25, 0.3) is 0 Å². The summed E-state index contributed by atoms with van der Waals surface area (Å²) in [7, 11) is 1.54. The van der Waals surface area contributed by atoms with Gasteiger partial charge < -0.3 is 30.3 Å². The number of hydrogen-bond donors (Lipinski definition) is 2. The van der Waals surface area contributed by atoms with Gasteiger partial charge in [-0.05, 0) is 12.8 Å². The van der Waals surface area contributed by atoms with Crippen LogP contribution < -0.4 is 20.9 Å². The van der Waals surface area contributed by atoms with Crippen molar-refractivity contribution in [1.82, 2.24) is 15.3 Å². The van der Waals surface area contributed by atoms with Gasteiger partial charge in [-0.3, -0.25) is 4.79 Å². The number of rotatable bonds is 6. The molecular formula is C17H29ClN6O3. The Bertz CT molecular complexity index is 602. The molecule has 27 heavy (non-hydrogen) atoms. The van der Waals surface area contributed by atoms with Gasteiger partial charge in [-0.1, -0.05) is 0 Å². The number of amides is 1. The van der Waals surface area contributed by atoms with Crippen molar-refractivity contribution in [3.8, 4) is 0 Å². The van der Waals surface area contributed by atoms with E-state index in [9.17, 15) is 4.79 Å². The van der Waals surface area contributed by atoms with Gasteiger partial charge in [-0.15, -0.1) is 12.4 Å². The van der Waals surface area contributed by atoms with Crippen LogP contribution >= 0.6 is 12.4 Å². The molecule has 2 saturated heterocycles. The Morgan fingerprint density at radius 3 is 2.74 bits per heavy atom. The molecule has 1 aromatic heterocycles. The fourth-order valence-corrected chi connectivity index (χ4v) is 3.34. The van der Waals surface area contributed by atoms with Gasteiger partial charge in [0.2, 0.25) is 5.91 Å². The zero-order chi connectivity index (χ0) is 18.4. The Morgan fingerprint density at radius 2 is 2.04 bits per heavy atom. The number of methoxy groups -OCH3 is 1. The van der Waals surface area contributed by atoms with Crippen molar-refractivity contribution in [2.75, 3.05) is 62.9 Å². The third-order valence-electron chi connectivity index (χ3n) is 4.75. The minimum Gasteiger partial charge on any atom is -0.383 e. The van der Waals surface area contributed by atoms with Crippen molar-refractivity contribution in [3.63, 3.8) is 0 Å². The number of aromatic nitrogens is 2. The molecule has 10 heteroatoms. The van der Waals surface area contributed by atoms with Gasteiger partial charge >= 0.3 is 0 Å². The Balaban J connectivity index is 0.00000261. The molecule has 0 spiro atoms. The van der Waals surface area contributed by atoms with Crippen LogP contribution in [0, 0.1) is 0 Å². The Morgan fingerprint density at radius 1 is 1.33 bits per heavy atom. The molecule has 0 saturated carbocycles. The SMILES string of the molecule is COCC(N)C(=O)NC1CCCN(c2cc(N3CCOCC3)ncn2)C1.Cl. The second-order valence-corrected chi connectivity index (χ2v) is 6.69. The van der Waals surface area contributed by atoms with E-state index in [1.165, 1.54) is 7.11 Å². The summed E-state index contributed by atoms with van der Waals surface area (Å²) in [5, 5.41) is 3.03. The highest BCUT2D eigenvalue weighted by Gasteiger charge is 2.25. The van der Waals surface area contributed by atoms with Crippen LogP contribution in [0.25, 0.3) is 0 Å². The fourth-order valence-electron chi connectivity index (χ4n) is 3.34. The third kappa shape index (κ3) is 5.90. The van der Waals surface area contributed by atoms with E-state index in [2.05, 4.69) is 25.1 Å². The highest BCUT2D eigenvalue weighted by atomic mass is 35.5. The average molecular weight is 401 g/mol. The first kappa shape index (κ1) is 21.6. The maximum absolute atomic E-state index is 12.1. The van der Waals surface area contributed by atoms with Crippen LogP contribution in [0.3, 0.4) is 0 Å². The number of piperidine rings is 1.